The van der Waals surface area contributed by atoms with Gasteiger partial charge in [0.25, 0.3) is 6.33 Å². The molecule has 0 fully saturated rings. The lowest BCUT2D eigenvalue weighted by Gasteiger charge is -2.42. The minimum Gasteiger partial charge on any atom is -0.458 e. The number of rotatable bonds is 7. The van der Waals surface area contributed by atoms with Crippen LogP contribution in [-0.4, -0.2) is 14.1 Å². The smallest absolute Gasteiger partial charge is 0.269 e. The summed E-state index contributed by atoms with van der Waals surface area (Å²) < 4.78 is 129. The Morgan fingerprint density at radius 2 is 1.07 bits per heavy atom. The predicted molar refractivity (Wildman–Crippen MR) is 389 cm³/mol. The molecule has 4 aromatic heterocycles. The maximum Gasteiger partial charge on any atom is 0.269 e. The molecule has 0 radical (unpaired) electrons. The van der Waals surface area contributed by atoms with Gasteiger partial charge in [0.15, 0.2) is 0 Å². The number of aryl methyl sites for hydroxylation is 4. The second kappa shape index (κ2) is 21.0. The minimum absolute atomic E-state index is 0.0466. The summed E-state index contributed by atoms with van der Waals surface area (Å²) >= 11 is 0. The highest BCUT2D eigenvalue weighted by molar-refractivity contribution is 6.11. The molecular formula is C88H74N4O2. The topological polar surface area (TPSA) is 49.0 Å². The van der Waals surface area contributed by atoms with E-state index in [1.165, 1.54) is 36.4 Å². The summed E-state index contributed by atoms with van der Waals surface area (Å²) in [6.07, 6.45) is 7.56. The number of aromatic nitrogens is 4. The normalized spacial score (nSPS) is 16.4. The summed E-state index contributed by atoms with van der Waals surface area (Å²) in [6.45, 7) is 4.54. The highest BCUT2D eigenvalue weighted by Crippen LogP contribution is 2.54. The monoisotopic (exact) mass is 1230 g/mol. The SMILES string of the molecule is [2H]C([2H])([2H])c1cccc(C([2H])([2H])[2H])c1-c1cc(-c2ccc3oc4ccccc4c3c2)c2c(c1)-c1cc3c(cc1-c1ccccc1-c1cc(-c4c(C([2H])([2H])[2H])cccc4C([2H])([2H])[2H])cc4c1[n+]-2[c-]n4-c1cccc(Oc2ccc4c5ccccc5n(-c5cc(C(C)(C)C)ccn5)c4c2)c1)C(C)(C)CCC3(C)C. The van der Waals surface area contributed by atoms with Crippen molar-refractivity contribution in [1.82, 2.24) is 14.1 Å². The van der Waals surface area contributed by atoms with Crippen LogP contribution < -0.4 is 9.30 Å². The Bertz CT molecular complexity index is 6130. The van der Waals surface area contributed by atoms with Gasteiger partial charge in [-0.05, 0) is 253 Å². The first-order chi connectivity index (χ1) is 50.2. The largest absolute Gasteiger partial charge is 0.458 e. The molecule has 11 aromatic carbocycles. The lowest BCUT2D eigenvalue weighted by atomic mass is 9.62. The molecule has 0 saturated carbocycles. The van der Waals surface area contributed by atoms with Gasteiger partial charge in [-0.15, -0.1) is 0 Å². The summed E-state index contributed by atoms with van der Waals surface area (Å²) in [5.41, 5.74) is 13.8. The van der Waals surface area contributed by atoms with Crippen LogP contribution in [0.1, 0.15) is 117 Å². The van der Waals surface area contributed by atoms with Crippen molar-refractivity contribution in [2.45, 2.75) is 105 Å². The number of fused-ring (bicyclic) bond motifs is 14. The Morgan fingerprint density at radius 1 is 0.479 bits per heavy atom. The van der Waals surface area contributed by atoms with Gasteiger partial charge in [0.1, 0.15) is 28.5 Å². The molecule has 0 amide bonds. The summed E-state index contributed by atoms with van der Waals surface area (Å²) in [7, 11) is 0. The first-order valence-electron chi connectivity index (χ1n) is 38.2. The van der Waals surface area contributed by atoms with Gasteiger partial charge in [-0.25, -0.2) is 4.98 Å². The molecule has 5 heterocycles. The molecular weight excluding hydrogens is 1140 g/mol. The lowest BCUT2D eigenvalue weighted by Crippen LogP contribution is -2.34. The Hall–Kier alpha value is -10.6. The van der Waals surface area contributed by atoms with Crippen LogP contribution in [-0.2, 0) is 16.2 Å². The van der Waals surface area contributed by atoms with Crippen molar-refractivity contribution < 1.29 is 30.2 Å². The van der Waals surface area contributed by atoms with E-state index in [2.05, 4.69) is 114 Å². The van der Waals surface area contributed by atoms with Crippen molar-refractivity contribution in [3.05, 3.63) is 270 Å². The third kappa shape index (κ3) is 9.04. The van der Waals surface area contributed by atoms with E-state index >= 15 is 0 Å². The van der Waals surface area contributed by atoms with Crippen molar-refractivity contribution >= 4 is 54.8 Å². The molecule has 0 unspecified atom stereocenters. The molecule has 458 valence electrons. The van der Waals surface area contributed by atoms with Crippen LogP contribution in [0.5, 0.6) is 11.5 Å². The van der Waals surface area contributed by atoms with E-state index in [4.69, 9.17) is 30.6 Å². The second-order valence-corrected chi connectivity index (χ2v) is 27.9. The molecule has 1 aliphatic carbocycles. The van der Waals surface area contributed by atoms with Crippen molar-refractivity contribution in [2.75, 3.05) is 0 Å². The van der Waals surface area contributed by atoms with Crippen LogP contribution in [0.25, 0.3) is 139 Å². The number of nitrogens with zero attached hydrogens (tertiary/aromatic N) is 4. The van der Waals surface area contributed by atoms with E-state index in [1.54, 1.807) is 0 Å². The van der Waals surface area contributed by atoms with Crippen LogP contribution in [0.15, 0.2) is 229 Å². The predicted octanol–water partition coefficient (Wildman–Crippen LogP) is 23.1. The van der Waals surface area contributed by atoms with Gasteiger partial charge < -0.3 is 9.15 Å². The van der Waals surface area contributed by atoms with Crippen molar-refractivity contribution in [1.29, 1.82) is 0 Å². The number of para-hydroxylation sites is 2. The number of hydrogen-bond acceptors (Lipinski definition) is 3. The number of hydrogen-bond donors (Lipinski definition) is 0. The fourth-order valence-electron chi connectivity index (χ4n) is 15.1. The van der Waals surface area contributed by atoms with Gasteiger partial charge in [0.2, 0.25) is 0 Å². The Morgan fingerprint density at radius 3 is 1.79 bits per heavy atom. The number of benzene rings is 11. The van der Waals surface area contributed by atoms with Gasteiger partial charge >= 0.3 is 0 Å². The van der Waals surface area contributed by atoms with Crippen LogP contribution in [0.4, 0.5) is 0 Å². The molecule has 94 heavy (non-hydrogen) atoms. The van der Waals surface area contributed by atoms with E-state index in [0.29, 0.717) is 78.5 Å². The number of furan rings is 1. The maximum absolute atomic E-state index is 9.16. The molecule has 17 rings (SSSR count). The molecule has 2 aliphatic rings. The first kappa shape index (κ1) is 45.7. The second-order valence-electron chi connectivity index (χ2n) is 27.9. The highest BCUT2D eigenvalue weighted by atomic mass is 16.5. The molecule has 0 spiro atoms. The maximum atomic E-state index is 9.16. The van der Waals surface area contributed by atoms with Crippen molar-refractivity contribution in [2.24, 2.45) is 0 Å². The summed E-state index contributed by atoms with van der Waals surface area (Å²) in [5.74, 6) is 1.77. The molecule has 1 aliphatic heterocycles. The van der Waals surface area contributed by atoms with Crippen LogP contribution in [0.2, 0.25) is 0 Å². The lowest BCUT2D eigenvalue weighted by molar-refractivity contribution is -0.570. The molecule has 6 heteroatoms. The van der Waals surface area contributed by atoms with Crippen LogP contribution in [0, 0.1) is 33.7 Å². The first-order valence-corrected chi connectivity index (χ1v) is 32.2. The van der Waals surface area contributed by atoms with Crippen molar-refractivity contribution in [3.63, 3.8) is 0 Å². The minimum atomic E-state index is -2.78. The zero-order valence-electron chi connectivity index (χ0n) is 65.4. The quantitative estimate of drug-likeness (QED) is 0.118. The van der Waals surface area contributed by atoms with Gasteiger partial charge in [-0.3, -0.25) is 13.7 Å². The zero-order valence-corrected chi connectivity index (χ0v) is 53.4. The summed E-state index contributed by atoms with van der Waals surface area (Å²) in [4.78, 5) is 4.94. The van der Waals surface area contributed by atoms with Gasteiger partial charge in [0, 0.05) is 50.3 Å². The average molecular weight is 1230 g/mol. The molecule has 0 bridgehead atoms. The molecule has 0 atom stereocenters. The fraction of sp³-hybridized carbons (Fsp3) is 0.182. The molecule has 0 saturated heterocycles. The molecule has 6 nitrogen and oxygen atoms in total. The standard InChI is InChI=1S/C88H74N4O2/c1-52-21-18-22-53(2)82(52)57-42-68(56-33-36-80-71(41-56)67-30-15-17-32-79(67)94-80)84-73(43-57)70-50-75-74(87(8,9)38-39-88(75,10)11)49-69(70)63-27-12-13-28-64(63)72-44-58(83-54(3)23-19-24-55(83)4)45-78-85(72)91(84)51-90(78)60-25-20-26-61(47-60)93-62-34-35-66-65-29-14-16-31-76(65)92(77(66)48-62)81-46-59(37-40-89-81)86(5,6)7/h12-37,40-50H,38-39H2,1-11H3/i1D3,2D3,3D3,4D3. The van der Waals surface area contributed by atoms with Gasteiger partial charge in [0.05, 0.1) is 33.4 Å². The van der Waals surface area contributed by atoms with Crippen LogP contribution >= 0.6 is 0 Å². The summed E-state index contributed by atoms with van der Waals surface area (Å²) in [6, 6.07) is 69.2. The van der Waals surface area contributed by atoms with E-state index in [1.807, 2.05) is 143 Å². The number of imidazole rings is 1. The fourth-order valence-corrected chi connectivity index (χ4v) is 15.1. The third-order valence-corrected chi connectivity index (χ3v) is 20.1. The van der Waals surface area contributed by atoms with E-state index in [9.17, 15) is 0 Å². The molecule has 0 N–H and O–H groups in total. The Balaban J connectivity index is 1.02. The Labute approximate surface area is 566 Å². The molecule has 15 aromatic rings. The van der Waals surface area contributed by atoms with E-state index in [-0.39, 0.29) is 49.6 Å². The average Bonchev–Trinajstić information content (AvgIpc) is 1.48. The van der Waals surface area contributed by atoms with E-state index < -0.39 is 27.4 Å². The van der Waals surface area contributed by atoms with E-state index in [0.717, 1.165) is 90.2 Å². The Kier molecular flexibility index (Phi) is 10.2. The number of pyridine rings is 1. The zero-order chi connectivity index (χ0) is 74.3. The highest BCUT2D eigenvalue weighted by Gasteiger charge is 2.39. The number of ether oxygens (including phenoxy) is 1. The van der Waals surface area contributed by atoms with Crippen molar-refractivity contribution in [3.8, 4) is 95.5 Å². The van der Waals surface area contributed by atoms with Gasteiger partial charge in [-0.2, -0.15) is 0 Å². The third-order valence-electron chi connectivity index (χ3n) is 20.1. The van der Waals surface area contributed by atoms with Crippen LogP contribution in [0.3, 0.4) is 0 Å². The van der Waals surface area contributed by atoms with Gasteiger partial charge in [-0.1, -0.05) is 170 Å². The summed E-state index contributed by atoms with van der Waals surface area (Å²) in [5, 5.41) is 3.73.